The summed E-state index contributed by atoms with van der Waals surface area (Å²) in [7, 11) is 1.53. The number of fused-ring (bicyclic) bond motifs is 2. The predicted octanol–water partition coefficient (Wildman–Crippen LogP) is 6.24. The van der Waals surface area contributed by atoms with E-state index in [4.69, 9.17) is 4.74 Å². The molecule has 1 unspecified atom stereocenters. The van der Waals surface area contributed by atoms with E-state index in [0.29, 0.717) is 36.5 Å². The van der Waals surface area contributed by atoms with E-state index < -0.39 is 28.7 Å². The van der Waals surface area contributed by atoms with Crippen LogP contribution in [-0.2, 0) is 12.0 Å². The maximum absolute atomic E-state index is 15.3. The van der Waals surface area contributed by atoms with Gasteiger partial charge in [-0.05, 0) is 62.1 Å². The Kier molecular flexibility index (Phi) is 6.11. The summed E-state index contributed by atoms with van der Waals surface area (Å²) in [5.74, 6) is -3.99. The van der Waals surface area contributed by atoms with Gasteiger partial charge in [0, 0.05) is 12.7 Å². The number of imidazole rings is 1. The standard InChI is InChI=1S/C26H23F4N5O/c1-16-14-34(15-31-16)21-5-4-17(13-22(21)36-2)12-20(29)24-32-25-26(8-3-11-35(25)33-24)9-6-18(27)23(30)19(28)7-10-26/h4-7,9,12-15H,3,8,10-11H2,1-2H3/b9-6+,19-7+,20-12-,23-18-. The molecule has 0 N–H and O–H groups in total. The highest BCUT2D eigenvalue weighted by Crippen LogP contribution is 2.41. The second-order valence-electron chi connectivity index (χ2n) is 8.84. The third kappa shape index (κ3) is 4.27. The predicted molar refractivity (Wildman–Crippen MR) is 127 cm³/mol. The third-order valence-electron chi connectivity index (χ3n) is 6.42. The molecule has 1 atom stereocenters. The van der Waals surface area contributed by atoms with Crippen molar-refractivity contribution < 1.29 is 22.3 Å². The Bertz CT molecular complexity index is 1450. The average Bonchev–Trinajstić information content (AvgIpc) is 3.52. The third-order valence-corrected chi connectivity index (χ3v) is 6.42. The SMILES string of the molecule is COc1cc(/C=C(\F)c2nc3n(n2)CCCC32/C=C/C(F)=C(F)\C(F)=C/C2)ccc1-n1cnc(C)c1. The molecule has 3 aromatic rings. The molecule has 10 heteroatoms. The van der Waals surface area contributed by atoms with E-state index in [0.717, 1.165) is 23.5 Å². The highest BCUT2D eigenvalue weighted by Gasteiger charge is 2.38. The number of hydrogen-bond donors (Lipinski definition) is 0. The molecule has 1 aliphatic carbocycles. The smallest absolute Gasteiger partial charge is 0.210 e. The summed E-state index contributed by atoms with van der Waals surface area (Å²) in [4.78, 5) is 8.62. The zero-order valence-corrected chi connectivity index (χ0v) is 19.7. The van der Waals surface area contributed by atoms with E-state index in [1.165, 1.54) is 19.3 Å². The van der Waals surface area contributed by atoms with Crippen LogP contribution in [-0.4, -0.2) is 31.4 Å². The first kappa shape index (κ1) is 23.8. The molecule has 6 nitrogen and oxygen atoms in total. The Labute approximate surface area is 204 Å². The van der Waals surface area contributed by atoms with E-state index in [1.54, 1.807) is 29.2 Å². The van der Waals surface area contributed by atoms with Crippen LogP contribution in [0.2, 0.25) is 0 Å². The second kappa shape index (κ2) is 9.25. The molecule has 2 aliphatic rings. The summed E-state index contributed by atoms with van der Waals surface area (Å²) in [5.41, 5.74) is 1.21. The molecule has 0 fully saturated rings. The molecule has 186 valence electrons. The summed E-state index contributed by atoms with van der Waals surface area (Å²) < 4.78 is 65.8. The minimum atomic E-state index is -1.53. The lowest BCUT2D eigenvalue weighted by atomic mass is 9.76. The molecule has 0 amide bonds. The van der Waals surface area contributed by atoms with E-state index in [1.807, 2.05) is 17.7 Å². The first-order chi connectivity index (χ1) is 17.3. The topological polar surface area (TPSA) is 57.8 Å². The van der Waals surface area contributed by atoms with Crippen molar-refractivity contribution in [1.82, 2.24) is 24.3 Å². The van der Waals surface area contributed by atoms with Crippen LogP contribution in [0.1, 0.15) is 42.2 Å². The number of allylic oxidation sites excluding steroid dienone is 6. The maximum atomic E-state index is 15.3. The van der Waals surface area contributed by atoms with Gasteiger partial charge in [0.25, 0.3) is 0 Å². The minimum Gasteiger partial charge on any atom is -0.495 e. The number of halogens is 4. The Hall–Kier alpha value is -3.95. The number of nitrogens with zero attached hydrogens (tertiary/aromatic N) is 5. The molecule has 1 spiro atoms. The van der Waals surface area contributed by atoms with Crippen molar-refractivity contribution in [2.45, 2.75) is 38.1 Å². The molecule has 3 heterocycles. The average molecular weight is 497 g/mol. The second-order valence-corrected chi connectivity index (χ2v) is 8.84. The number of hydrogen-bond acceptors (Lipinski definition) is 4. The van der Waals surface area contributed by atoms with E-state index in [9.17, 15) is 13.2 Å². The fourth-order valence-electron chi connectivity index (χ4n) is 4.59. The van der Waals surface area contributed by atoms with Crippen molar-refractivity contribution in [3.05, 3.63) is 89.3 Å². The molecule has 5 rings (SSSR count). The largest absolute Gasteiger partial charge is 0.495 e. The van der Waals surface area contributed by atoms with Gasteiger partial charge in [0.2, 0.25) is 5.82 Å². The lowest BCUT2D eigenvalue weighted by molar-refractivity contribution is 0.342. The number of methoxy groups -OCH3 is 1. The van der Waals surface area contributed by atoms with E-state index in [-0.39, 0.29) is 12.2 Å². The van der Waals surface area contributed by atoms with Crippen LogP contribution in [0.15, 0.2) is 66.4 Å². The summed E-state index contributed by atoms with van der Waals surface area (Å²) in [5, 5.41) is 4.30. The highest BCUT2D eigenvalue weighted by atomic mass is 19.2. The number of rotatable bonds is 4. The van der Waals surface area contributed by atoms with Crippen LogP contribution in [0, 0.1) is 6.92 Å². The van der Waals surface area contributed by atoms with Crippen LogP contribution in [0.5, 0.6) is 5.75 Å². The molecule has 36 heavy (non-hydrogen) atoms. The van der Waals surface area contributed by atoms with Gasteiger partial charge in [-0.15, -0.1) is 5.10 Å². The van der Waals surface area contributed by atoms with Gasteiger partial charge in [0.1, 0.15) is 11.6 Å². The zero-order chi connectivity index (χ0) is 25.4. The molecule has 0 saturated carbocycles. The van der Waals surface area contributed by atoms with Gasteiger partial charge in [-0.3, -0.25) is 0 Å². The van der Waals surface area contributed by atoms with Crippen molar-refractivity contribution in [1.29, 1.82) is 0 Å². The van der Waals surface area contributed by atoms with Crippen molar-refractivity contribution >= 4 is 11.9 Å². The first-order valence-electron chi connectivity index (χ1n) is 11.4. The Balaban J connectivity index is 1.49. The van der Waals surface area contributed by atoms with Gasteiger partial charge in [0.05, 0.1) is 30.2 Å². The number of aryl methyl sites for hydroxylation is 2. The maximum Gasteiger partial charge on any atom is 0.210 e. The fourth-order valence-corrected chi connectivity index (χ4v) is 4.59. The summed E-state index contributed by atoms with van der Waals surface area (Å²) in [6.45, 7) is 2.36. The van der Waals surface area contributed by atoms with Crippen LogP contribution < -0.4 is 4.74 Å². The Morgan fingerprint density at radius 1 is 1.22 bits per heavy atom. The number of ether oxygens (including phenoxy) is 1. The Morgan fingerprint density at radius 3 is 2.81 bits per heavy atom. The quantitative estimate of drug-likeness (QED) is 0.400. The number of benzene rings is 1. The van der Waals surface area contributed by atoms with E-state index >= 15 is 4.39 Å². The van der Waals surface area contributed by atoms with Gasteiger partial charge in [0.15, 0.2) is 23.3 Å². The van der Waals surface area contributed by atoms with Crippen molar-refractivity contribution in [2.75, 3.05) is 7.11 Å². The van der Waals surface area contributed by atoms with Gasteiger partial charge in [-0.25, -0.2) is 32.2 Å². The molecule has 1 aliphatic heterocycles. The molecule has 1 aromatic carbocycles. The number of aromatic nitrogens is 5. The molecule has 0 radical (unpaired) electrons. The molecular weight excluding hydrogens is 474 g/mol. The van der Waals surface area contributed by atoms with Crippen LogP contribution in [0.4, 0.5) is 17.6 Å². The minimum absolute atomic E-state index is 0.0475. The monoisotopic (exact) mass is 497 g/mol. The lowest BCUT2D eigenvalue weighted by Gasteiger charge is -2.33. The van der Waals surface area contributed by atoms with Crippen LogP contribution >= 0.6 is 0 Å². The van der Waals surface area contributed by atoms with Crippen LogP contribution in [0.3, 0.4) is 0 Å². The van der Waals surface area contributed by atoms with Crippen LogP contribution in [0.25, 0.3) is 17.6 Å². The van der Waals surface area contributed by atoms with Crippen molar-refractivity contribution in [3.8, 4) is 11.4 Å². The Morgan fingerprint density at radius 2 is 2.06 bits per heavy atom. The lowest BCUT2D eigenvalue weighted by Crippen LogP contribution is -2.33. The van der Waals surface area contributed by atoms with Gasteiger partial charge < -0.3 is 9.30 Å². The summed E-state index contributed by atoms with van der Waals surface area (Å²) in [6, 6.07) is 5.22. The van der Waals surface area contributed by atoms with E-state index in [2.05, 4.69) is 15.1 Å². The van der Waals surface area contributed by atoms with Crippen molar-refractivity contribution in [2.24, 2.45) is 0 Å². The highest BCUT2D eigenvalue weighted by molar-refractivity contribution is 5.75. The fraction of sp³-hybridized carbons (Fsp3) is 0.269. The zero-order valence-electron chi connectivity index (χ0n) is 19.7. The summed E-state index contributed by atoms with van der Waals surface area (Å²) in [6.07, 6.45) is 9.40. The summed E-state index contributed by atoms with van der Waals surface area (Å²) >= 11 is 0. The van der Waals surface area contributed by atoms with Crippen molar-refractivity contribution in [3.63, 3.8) is 0 Å². The van der Waals surface area contributed by atoms with Gasteiger partial charge >= 0.3 is 0 Å². The molecule has 0 bridgehead atoms. The first-order valence-corrected chi connectivity index (χ1v) is 11.4. The normalized spacial score (nSPS) is 24.6. The van der Waals surface area contributed by atoms with Gasteiger partial charge in [-0.1, -0.05) is 12.1 Å². The molecular formula is C26H23F4N5O. The molecule has 2 aromatic heterocycles. The molecule has 0 saturated heterocycles. The van der Waals surface area contributed by atoms with Gasteiger partial charge in [-0.2, -0.15) is 0 Å².